The van der Waals surface area contributed by atoms with Crippen LogP contribution in [-0.2, 0) is 0 Å². The predicted molar refractivity (Wildman–Crippen MR) is 62.8 cm³/mol. The van der Waals surface area contributed by atoms with E-state index in [-0.39, 0.29) is 24.7 Å². The Morgan fingerprint density at radius 2 is 1.89 bits per heavy atom. The lowest BCUT2D eigenvalue weighted by atomic mass is 10.1. The fourth-order valence-corrected chi connectivity index (χ4v) is 2.44. The van der Waals surface area contributed by atoms with Gasteiger partial charge in [-0.1, -0.05) is 12.8 Å². The van der Waals surface area contributed by atoms with Crippen molar-refractivity contribution in [3.05, 3.63) is 31.7 Å². The van der Waals surface area contributed by atoms with Gasteiger partial charge in [0.1, 0.15) is 6.42 Å². The first-order valence-corrected chi connectivity index (χ1v) is 6.09. The van der Waals surface area contributed by atoms with Crippen LogP contribution in [0.1, 0.15) is 32.1 Å². The summed E-state index contributed by atoms with van der Waals surface area (Å²) in [5.74, 6) is 0.366. The van der Waals surface area contributed by atoms with Crippen molar-refractivity contribution in [1.29, 1.82) is 0 Å². The second-order valence-electron chi connectivity index (χ2n) is 4.73. The number of rotatable bonds is 4. The molecule has 2 N–H and O–H groups in total. The van der Waals surface area contributed by atoms with Gasteiger partial charge >= 0.3 is 0 Å². The summed E-state index contributed by atoms with van der Waals surface area (Å²) in [5.41, 5.74) is -0.102. The van der Waals surface area contributed by atoms with E-state index in [0.717, 1.165) is 25.7 Å². The summed E-state index contributed by atoms with van der Waals surface area (Å²) in [6, 6.07) is -0.672. The summed E-state index contributed by atoms with van der Waals surface area (Å²) in [4.78, 5) is 20.6. The van der Waals surface area contributed by atoms with E-state index < -0.39 is 15.9 Å². The molecule has 0 unspecified atom stereocenters. The van der Waals surface area contributed by atoms with E-state index in [9.17, 15) is 20.2 Å². The average molecular weight is 256 g/mol. The van der Waals surface area contributed by atoms with Crippen LogP contribution in [0.5, 0.6) is 0 Å². The van der Waals surface area contributed by atoms with Gasteiger partial charge in [-0.2, -0.15) is 0 Å². The van der Waals surface area contributed by atoms with Crippen molar-refractivity contribution in [2.45, 2.75) is 44.2 Å². The number of nitro groups is 2. The molecule has 0 spiro atoms. The molecule has 0 saturated heterocycles. The molecule has 1 fully saturated rings. The van der Waals surface area contributed by atoms with Gasteiger partial charge in [0.05, 0.1) is 11.5 Å². The third kappa shape index (κ3) is 2.69. The number of nitrogens with zero attached hydrogens (tertiary/aromatic N) is 2. The molecule has 0 aromatic heterocycles. The molecule has 0 aromatic carbocycles. The van der Waals surface area contributed by atoms with Crippen LogP contribution in [0.15, 0.2) is 11.5 Å². The van der Waals surface area contributed by atoms with E-state index >= 15 is 0 Å². The van der Waals surface area contributed by atoms with Crippen LogP contribution >= 0.6 is 0 Å². The Kier molecular flexibility index (Phi) is 3.63. The van der Waals surface area contributed by atoms with E-state index in [2.05, 4.69) is 10.6 Å². The van der Waals surface area contributed by atoms with Gasteiger partial charge in [0, 0.05) is 11.0 Å². The first-order valence-electron chi connectivity index (χ1n) is 6.09. The molecular weight excluding hydrogens is 240 g/mol. The molecule has 8 heteroatoms. The molecule has 0 radical (unpaired) electrons. The molecule has 0 aromatic rings. The van der Waals surface area contributed by atoms with Crippen molar-refractivity contribution in [2.24, 2.45) is 0 Å². The maximum atomic E-state index is 11.0. The van der Waals surface area contributed by atoms with Gasteiger partial charge < -0.3 is 10.6 Å². The summed E-state index contributed by atoms with van der Waals surface area (Å²) in [7, 11) is 0. The Balaban J connectivity index is 2.10. The van der Waals surface area contributed by atoms with E-state index in [0.29, 0.717) is 5.82 Å². The zero-order chi connectivity index (χ0) is 13.1. The molecule has 0 amide bonds. The zero-order valence-corrected chi connectivity index (χ0v) is 9.92. The van der Waals surface area contributed by atoms with Crippen LogP contribution in [0, 0.1) is 20.2 Å². The summed E-state index contributed by atoms with van der Waals surface area (Å²) in [6.45, 7) is 0.138. The van der Waals surface area contributed by atoms with Crippen LogP contribution in [0.3, 0.4) is 0 Å². The van der Waals surface area contributed by atoms with Crippen LogP contribution in [0.2, 0.25) is 0 Å². The summed E-state index contributed by atoms with van der Waals surface area (Å²) < 4.78 is 0. The van der Waals surface area contributed by atoms with Gasteiger partial charge in [0.25, 0.3) is 5.70 Å². The minimum Gasteiger partial charge on any atom is -0.364 e. The van der Waals surface area contributed by atoms with E-state index in [1.165, 1.54) is 0 Å². The summed E-state index contributed by atoms with van der Waals surface area (Å²) in [5, 5.41) is 27.5. The molecular formula is C10H16N4O4. The van der Waals surface area contributed by atoms with E-state index in [1.54, 1.807) is 0 Å². The highest BCUT2D eigenvalue weighted by Gasteiger charge is 2.36. The third-order valence-corrected chi connectivity index (χ3v) is 3.45. The Morgan fingerprint density at radius 1 is 1.22 bits per heavy atom. The molecule has 1 heterocycles. The largest absolute Gasteiger partial charge is 0.364 e. The van der Waals surface area contributed by atoms with Crippen molar-refractivity contribution in [1.82, 2.24) is 10.6 Å². The van der Waals surface area contributed by atoms with Gasteiger partial charge in [-0.15, -0.1) is 0 Å². The van der Waals surface area contributed by atoms with Gasteiger partial charge in [0.15, 0.2) is 5.82 Å². The van der Waals surface area contributed by atoms with E-state index in [1.807, 2.05) is 0 Å². The monoisotopic (exact) mass is 256 g/mol. The van der Waals surface area contributed by atoms with Gasteiger partial charge in [-0.3, -0.25) is 20.2 Å². The minimum atomic E-state index is -0.917. The number of hydrogen-bond acceptors (Lipinski definition) is 6. The minimum absolute atomic E-state index is 0.102. The fourth-order valence-electron chi connectivity index (χ4n) is 2.44. The van der Waals surface area contributed by atoms with Crippen molar-refractivity contribution >= 4 is 0 Å². The van der Waals surface area contributed by atoms with Crippen LogP contribution in [0.4, 0.5) is 0 Å². The molecule has 8 nitrogen and oxygen atoms in total. The normalized spacial score (nSPS) is 24.8. The maximum Gasteiger partial charge on any atom is 0.292 e. The maximum absolute atomic E-state index is 11.0. The molecule has 18 heavy (non-hydrogen) atoms. The Bertz CT molecular complexity index is 389. The van der Waals surface area contributed by atoms with Crippen molar-refractivity contribution in [2.75, 3.05) is 6.54 Å². The quantitative estimate of drug-likeness (QED) is 0.563. The van der Waals surface area contributed by atoms with E-state index in [4.69, 9.17) is 0 Å². The molecule has 2 rings (SSSR count). The predicted octanol–water partition coefficient (Wildman–Crippen LogP) is 0.603. The van der Waals surface area contributed by atoms with Crippen molar-refractivity contribution < 1.29 is 9.85 Å². The SMILES string of the molecule is O=[N+]([O-])C1=C(NC2CCCC2)NC[C@H]([N+](=O)[O-])C1. The smallest absolute Gasteiger partial charge is 0.292 e. The topological polar surface area (TPSA) is 110 Å². The summed E-state index contributed by atoms with van der Waals surface area (Å²) in [6.07, 6.45) is 4.11. The molecule has 1 atom stereocenters. The lowest BCUT2D eigenvalue weighted by Crippen LogP contribution is -2.45. The zero-order valence-electron chi connectivity index (χ0n) is 9.92. The van der Waals surface area contributed by atoms with Crippen LogP contribution in [-0.4, -0.2) is 28.5 Å². The summed E-state index contributed by atoms with van der Waals surface area (Å²) >= 11 is 0. The van der Waals surface area contributed by atoms with Gasteiger partial charge in [-0.05, 0) is 12.8 Å². The molecule has 0 bridgehead atoms. The Morgan fingerprint density at radius 3 is 2.44 bits per heavy atom. The first kappa shape index (κ1) is 12.6. The van der Waals surface area contributed by atoms with Gasteiger partial charge in [-0.25, -0.2) is 0 Å². The third-order valence-electron chi connectivity index (χ3n) is 3.45. The first-order chi connectivity index (χ1) is 8.58. The van der Waals surface area contributed by atoms with Gasteiger partial charge in [0.2, 0.25) is 6.04 Å². The molecule has 1 saturated carbocycles. The van der Waals surface area contributed by atoms with Crippen LogP contribution < -0.4 is 10.6 Å². The highest BCUT2D eigenvalue weighted by atomic mass is 16.6. The Labute approximate surface area is 104 Å². The molecule has 1 aliphatic heterocycles. The molecule has 100 valence electrons. The van der Waals surface area contributed by atoms with Crippen LogP contribution in [0.25, 0.3) is 0 Å². The molecule has 2 aliphatic rings. The lowest BCUT2D eigenvalue weighted by molar-refractivity contribution is -0.529. The second-order valence-corrected chi connectivity index (χ2v) is 4.73. The number of hydrogen-bond donors (Lipinski definition) is 2. The standard InChI is InChI=1S/C10H16N4O4/c15-13(16)8-5-9(14(17)18)10(11-6-8)12-7-3-1-2-4-7/h7-8,11-12H,1-6H2/t8-/m1/s1. The Hall–Kier alpha value is -1.86. The lowest BCUT2D eigenvalue weighted by Gasteiger charge is -2.23. The second kappa shape index (κ2) is 5.19. The highest BCUT2D eigenvalue weighted by molar-refractivity contribution is 5.10. The van der Waals surface area contributed by atoms with Crippen molar-refractivity contribution in [3.63, 3.8) is 0 Å². The molecule has 1 aliphatic carbocycles. The van der Waals surface area contributed by atoms with Crippen molar-refractivity contribution in [3.8, 4) is 0 Å². The average Bonchev–Trinajstić information content (AvgIpc) is 2.81. The highest BCUT2D eigenvalue weighted by Crippen LogP contribution is 2.21. The fraction of sp³-hybridized carbons (Fsp3) is 0.800. The number of nitrogens with one attached hydrogen (secondary N) is 2.